The zero-order valence-electron chi connectivity index (χ0n) is 74.3. The number of nitrogens with zero attached hydrogens (tertiary/aromatic N) is 5. The Morgan fingerprint density at radius 2 is 0.588 bits per heavy atom. The van der Waals surface area contributed by atoms with Gasteiger partial charge in [0, 0.05) is 37.9 Å². The van der Waals surface area contributed by atoms with Crippen molar-refractivity contribution in [3.05, 3.63) is 55.2 Å². The summed E-state index contributed by atoms with van der Waals surface area (Å²) in [5.41, 5.74) is 4.70. The van der Waals surface area contributed by atoms with Crippen molar-refractivity contribution in [2.24, 2.45) is 164 Å². The number of carbonyl (C=O) groups is 1. The third-order valence-corrected chi connectivity index (χ3v) is 41.1. The van der Waals surface area contributed by atoms with Crippen LogP contribution in [0.1, 0.15) is 338 Å². The predicted octanol–water partition coefficient (Wildman–Crippen LogP) is 22.2. The van der Waals surface area contributed by atoms with Crippen LogP contribution in [0.5, 0.6) is 0 Å². The Hall–Kier alpha value is -2.18. The predicted molar refractivity (Wildman–Crippen MR) is 466 cm³/mol. The molecule has 640 valence electrons. The van der Waals surface area contributed by atoms with Gasteiger partial charge in [-0.15, -0.1) is 0 Å². The number of imidazole rings is 1. The quantitative estimate of drug-likeness (QED) is 0.151. The van der Waals surface area contributed by atoms with Gasteiger partial charge in [-0.05, 0) is 494 Å². The molecule has 10 heteroatoms. The summed E-state index contributed by atoms with van der Waals surface area (Å²) in [5, 5.41) is 42.4. The number of aliphatic hydroxyl groups is 4. The number of allylic oxidation sites excluding steroid dienone is 1. The maximum atomic E-state index is 13.4. The van der Waals surface area contributed by atoms with Crippen LogP contribution in [-0.4, -0.2) is 132 Å². The highest BCUT2D eigenvalue weighted by Crippen LogP contribution is 2.71. The average molecular weight is 1570 g/mol. The van der Waals surface area contributed by atoms with Crippen LogP contribution in [0.2, 0.25) is 0 Å². The van der Waals surface area contributed by atoms with E-state index in [-0.39, 0.29) is 16.6 Å². The fourth-order valence-corrected chi connectivity index (χ4v) is 35.9. The minimum Gasteiger partial charge on any atom is -0.390 e. The molecule has 0 bridgehead atoms. The lowest BCUT2D eigenvalue weighted by atomic mass is 9.49. The van der Waals surface area contributed by atoms with E-state index in [2.05, 4.69) is 106 Å². The van der Waals surface area contributed by atoms with Crippen molar-refractivity contribution in [3.8, 4) is 0 Å². The minimum atomic E-state index is -0.420. The molecule has 16 saturated carbocycles. The van der Waals surface area contributed by atoms with Gasteiger partial charge in [0.15, 0.2) is 0 Å². The monoisotopic (exact) mass is 1570 g/mol. The Bertz CT molecular complexity index is 3360. The van der Waals surface area contributed by atoms with Gasteiger partial charge in [-0.1, -0.05) is 77.0 Å². The minimum absolute atomic E-state index is 0.265. The SMILES string of the molecule is C=C(CN1CCCC1)[C@H]1CC[C@H]2[C@@H]3CC[C@@H]4C[C@](C)(O)CC[C@@H]4[C@H]3CC[C@]12C.C=C(CN1CCCCC1)[C@H]1CC[C@H]2[C@@H]3CC[C@@H]4C[C@](C)(O)CC[C@@H]4[C@H]3CC[C@]12C.C=C(Cn1ccnc1)[C@H]1CC[C@H]2[C@@H]3CC[C@@H]4C[C@](C)(O)CC[C@@H]4[C@H]3CC[C@]12C.C[C@@]1(O)CC[C@H]2[C@H](CC[C@@H]3[C@@H]2CC[C@]2(C)[C@@H](C(=O)CN4CCCCC4)CC[C@@H]32)C1. The van der Waals surface area contributed by atoms with E-state index in [4.69, 9.17) is 0 Å². The molecule has 3 aliphatic heterocycles. The van der Waals surface area contributed by atoms with Crippen LogP contribution in [0.3, 0.4) is 0 Å². The normalized spacial score (nSPS) is 50.0. The van der Waals surface area contributed by atoms with Gasteiger partial charge in [0.1, 0.15) is 5.78 Å². The molecule has 10 nitrogen and oxygen atoms in total. The summed E-state index contributed by atoms with van der Waals surface area (Å²) in [4.78, 5) is 25.4. The van der Waals surface area contributed by atoms with Crippen molar-refractivity contribution in [2.75, 3.05) is 58.9 Å². The van der Waals surface area contributed by atoms with Gasteiger partial charge in [-0.3, -0.25) is 19.5 Å². The van der Waals surface area contributed by atoms with Crippen LogP contribution in [0.15, 0.2) is 55.2 Å². The third-order valence-electron chi connectivity index (χ3n) is 41.1. The van der Waals surface area contributed by atoms with Gasteiger partial charge in [0.2, 0.25) is 0 Å². The van der Waals surface area contributed by atoms with Gasteiger partial charge in [0.05, 0.1) is 35.3 Å². The van der Waals surface area contributed by atoms with Crippen molar-refractivity contribution in [3.63, 3.8) is 0 Å². The first kappa shape index (κ1) is 84.1. The molecule has 114 heavy (non-hydrogen) atoms. The van der Waals surface area contributed by atoms with Crippen molar-refractivity contribution in [1.29, 1.82) is 0 Å². The fourth-order valence-electron chi connectivity index (χ4n) is 35.9. The second-order valence-electron chi connectivity index (χ2n) is 47.7. The molecule has 20 rings (SSSR count). The van der Waals surface area contributed by atoms with Crippen molar-refractivity contribution >= 4 is 5.78 Å². The van der Waals surface area contributed by atoms with Crippen molar-refractivity contribution in [1.82, 2.24) is 24.3 Å². The highest BCUT2D eigenvalue weighted by Gasteiger charge is 2.64. The molecule has 3 saturated heterocycles. The Morgan fingerprint density at radius 3 is 0.895 bits per heavy atom. The maximum absolute atomic E-state index is 13.4. The van der Waals surface area contributed by atoms with Crippen LogP contribution < -0.4 is 0 Å². The number of hydrogen-bond donors (Lipinski definition) is 4. The van der Waals surface area contributed by atoms with Crippen molar-refractivity contribution < 1.29 is 25.2 Å². The summed E-state index contributed by atoms with van der Waals surface area (Å²) in [6.45, 7) is 44.0. The summed E-state index contributed by atoms with van der Waals surface area (Å²) < 4.78 is 2.18. The smallest absolute Gasteiger partial charge is 0.150 e. The first-order chi connectivity index (χ1) is 54.5. The zero-order valence-corrected chi connectivity index (χ0v) is 74.3. The van der Waals surface area contributed by atoms with E-state index in [1.54, 1.807) is 11.1 Å². The van der Waals surface area contributed by atoms with Crippen LogP contribution in [0.4, 0.5) is 0 Å². The number of likely N-dealkylation sites (tertiary alicyclic amines) is 3. The van der Waals surface area contributed by atoms with Crippen LogP contribution in [0, 0.1) is 164 Å². The van der Waals surface area contributed by atoms with E-state index < -0.39 is 11.2 Å². The summed E-state index contributed by atoms with van der Waals surface area (Å²) >= 11 is 0. The number of aromatic nitrogens is 2. The third kappa shape index (κ3) is 16.6. The molecule has 0 radical (unpaired) electrons. The number of piperidine rings is 2. The van der Waals surface area contributed by atoms with E-state index >= 15 is 0 Å². The highest BCUT2D eigenvalue weighted by atomic mass is 16.3. The average Bonchev–Trinajstić information content (AvgIpc) is 1.61. The Balaban J connectivity index is 0.000000110. The van der Waals surface area contributed by atoms with Crippen molar-refractivity contribution in [2.45, 2.75) is 367 Å². The molecule has 4 heterocycles. The summed E-state index contributed by atoms with van der Waals surface area (Å²) in [6.07, 6.45) is 63.2. The largest absolute Gasteiger partial charge is 0.390 e. The van der Waals surface area contributed by atoms with Crippen LogP contribution >= 0.6 is 0 Å². The zero-order chi connectivity index (χ0) is 79.5. The summed E-state index contributed by atoms with van der Waals surface area (Å²) in [7, 11) is 0. The first-order valence-electron chi connectivity index (χ1n) is 50.1. The highest BCUT2D eigenvalue weighted by molar-refractivity contribution is 5.84. The van der Waals surface area contributed by atoms with E-state index in [1.807, 2.05) is 12.5 Å². The maximum Gasteiger partial charge on any atom is 0.150 e. The topological polar surface area (TPSA) is 126 Å². The number of ketones is 1. The number of hydrogen-bond acceptors (Lipinski definition) is 9. The summed E-state index contributed by atoms with van der Waals surface area (Å²) in [5.74, 6) is 20.7. The molecule has 1 aromatic heterocycles. The molecule has 0 unspecified atom stereocenters. The number of Topliss-reactive ketones (excluding diaryl/α,β-unsaturated/α-hetero) is 1. The molecule has 16 aliphatic carbocycles. The van der Waals surface area contributed by atoms with E-state index in [0.717, 1.165) is 214 Å². The standard InChI is InChI=1S/C27H45NO.C26H43NO2.C26H43NO.C25H38N2O/c1-19(18-28-15-5-4-6-16-28)24-9-10-25-23-8-7-20-17-26(2,29)13-11-21(20)22(23)12-14-27(24,25)3;1-25(29)12-10-19-18(16-25)6-7-21-20(19)11-13-26(2)22(21)8-9-23(26)24(28)17-27-14-4-3-5-15-27;1-18(17-27-14-4-5-15-27)23-8-9-24-22-7-6-19-16-25(2,28)12-10-20(19)21(22)11-13-26(23,24)3;1-17(15-27-13-12-26-16-27)22-6-7-23-21-5-4-18-14-24(2,28)10-8-19(18)20(21)9-11-25(22,23)3/h20-25,29H,1,4-18H2,2-3H3;18-23,29H,3-17H2,1-2H3;19-24,28H,1,4-17H2,2-3H3;12-13,16,18-23,28H,1,4-11,14-15H2,2-3H3/t20-,21+,22-,23-,24-,25+,26-,27-;18-,19+,20-,21-,22+,23-,25-,26+;19-,20+,21-,22-,23-,24+,25-,26-;18-,19+,20-,21-,22-,23+,24-,25-/m1111/s1. The van der Waals surface area contributed by atoms with E-state index in [9.17, 15) is 25.2 Å². The van der Waals surface area contributed by atoms with Gasteiger partial charge in [-0.2, -0.15) is 0 Å². The van der Waals surface area contributed by atoms with E-state index in [1.165, 1.54) is 270 Å². The fraction of sp³-hybridized carbons (Fsp3) is 0.904. The molecule has 0 spiro atoms. The lowest BCUT2D eigenvalue weighted by Crippen LogP contribution is -2.51. The van der Waals surface area contributed by atoms with Gasteiger partial charge >= 0.3 is 0 Å². The first-order valence-corrected chi connectivity index (χ1v) is 50.1. The Kier molecular flexibility index (Phi) is 24.7. The molecule has 32 atom stereocenters. The molecule has 4 N–H and O–H groups in total. The number of rotatable bonds is 12. The molecule has 19 aliphatic rings. The van der Waals surface area contributed by atoms with Crippen LogP contribution in [0.25, 0.3) is 0 Å². The van der Waals surface area contributed by atoms with Gasteiger partial charge < -0.3 is 25.0 Å². The number of carbonyl (C=O) groups excluding carboxylic acids is 1. The number of fused-ring (bicyclic) bond motifs is 20. The Labute approximate surface area is 695 Å². The molecule has 0 amide bonds. The second-order valence-corrected chi connectivity index (χ2v) is 47.7. The van der Waals surface area contributed by atoms with Crippen LogP contribution in [-0.2, 0) is 11.3 Å². The molecular formula is C104H169N5O5. The molecular weight excluding hydrogens is 1400 g/mol. The van der Waals surface area contributed by atoms with E-state index in [0.29, 0.717) is 33.9 Å². The second kappa shape index (κ2) is 33.5. The molecule has 0 aromatic carbocycles. The summed E-state index contributed by atoms with van der Waals surface area (Å²) in [6, 6.07) is 0. The Morgan fingerprint density at radius 1 is 0.316 bits per heavy atom. The lowest BCUT2D eigenvalue weighted by Gasteiger charge is -2.57. The van der Waals surface area contributed by atoms with Gasteiger partial charge in [0.25, 0.3) is 0 Å². The lowest BCUT2D eigenvalue weighted by molar-refractivity contribution is -0.133. The molecule has 1 aromatic rings. The van der Waals surface area contributed by atoms with Gasteiger partial charge in [-0.25, -0.2) is 4.98 Å². The molecule has 19 fully saturated rings.